The van der Waals surface area contributed by atoms with Gasteiger partial charge in [0.05, 0.1) is 0 Å². The Bertz CT molecular complexity index is 1240. The third-order valence-electron chi connectivity index (χ3n) is 5.32. The third kappa shape index (κ3) is 4.33. The molecule has 0 bridgehead atoms. The Morgan fingerprint density at radius 1 is 0.742 bits per heavy atom. The Labute approximate surface area is 176 Å². The molecule has 0 aliphatic rings. The van der Waals surface area contributed by atoms with Crippen molar-refractivity contribution < 1.29 is 26.7 Å². The van der Waals surface area contributed by atoms with Crippen LogP contribution in [0.25, 0.3) is 32.7 Å². The van der Waals surface area contributed by atoms with Gasteiger partial charge in [0.2, 0.25) is 0 Å². The maximum Gasteiger partial charge on any atom is 0.573 e. The average Bonchev–Trinajstić information content (AvgIpc) is 2.73. The van der Waals surface area contributed by atoms with E-state index in [4.69, 9.17) is 0 Å². The van der Waals surface area contributed by atoms with Gasteiger partial charge in [0, 0.05) is 10.8 Å². The lowest BCUT2D eigenvalue weighted by Gasteiger charge is -2.12. The van der Waals surface area contributed by atoms with Crippen LogP contribution in [0, 0.1) is 11.6 Å². The highest BCUT2D eigenvalue weighted by molar-refractivity contribution is 6.09. The van der Waals surface area contributed by atoms with Crippen LogP contribution in [-0.2, 0) is 6.42 Å². The number of unbranched alkanes of at least 4 members (excludes halogenated alkanes) is 1. The first-order valence-electron chi connectivity index (χ1n) is 9.96. The molecule has 0 aliphatic heterocycles. The van der Waals surface area contributed by atoms with Gasteiger partial charge in [-0.25, -0.2) is 8.78 Å². The van der Waals surface area contributed by atoms with Crippen molar-refractivity contribution in [2.24, 2.45) is 0 Å². The molecule has 6 heteroatoms. The largest absolute Gasteiger partial charge is 0.573 e. The van der Waals surface area contributed by atoms with E-state index in [1.165, 1.54) is 30.3 Å². The van der Waals surface area contributed by atoms with Crippen molar-refractivity contribution in [3.63, 3.8) is 0 Å². The summed E-state index contributed by atoms with van der Waals surface area (Å²) in [6, 6.07) is 15.2. The molecule has 0 amide bonds. The molecule has 0 radical (unpaired) electrons. The van der Waals surface area contributed by atoms with Crippen LogP contribution in [0.3, 0.4) is 0 Å². The molecule has 0 unspecified atom stereocenters. The second-order valence-electron chi connectivity index (χ2n) is 7.43. The van der Waals surface area contributed by atoms with E-state index < -0.39 is 18.0 Å². The summed E-state index contributed by atoms with van der Waals surface area (Å²) in [5.74, 6) is -1.27. The minimum Gasteiger partial charge on any atom is -0.406 e. The van der Waals surface area contributed by atoms with Crippen LogP contribution in [0.2, 0.25) is 0 Å². The van der Waals surface area contributed by atoms with Gasteiger partial charge in [0.25, 0.3) is 0 Å². The number of rotatable bonds is 5. The summed E-state index contributed by atoms with van der Waals surface area (Å²) >= 11 is 0. The average molecular weight is 430 g/mol. The van der Waals surface area contributed by atoms with Crippen LogP contribution < -0.4 is 4.74 Å². The fraction of sp³-hybridized carbons (Fsp3) is 0.200. The van der Waals surface area contributed by atoms with E-state index in [0.717, 1.165) is 12.8 Å². The molecular weight excluding hydrogens is 411 g/mol. The van der Waals surface area contributed by atoms with Crippen molar-refractivity contribution in [2.45, 2.75) is 32.5 Å². The lowest BCUT2D eigenvalue weighted by Crippen LogP contribution is -2.16. The van der Waals surface area contributed by atoms with E-state index in [9.17, 15) is 22.0 Å². The summed E-state index contributed by atoms with van der Waals surface area (Å²) in [7, 11) is 0. The first-order chi connectivity index (χ1) is 14.8. The molecule has 0 N–H and O–H groups in total. The number of hydrogen-bond donors (Lipinski definition) is 0. The highest BCUT2D eigenvalue weighted by Gasteiger charge is 2.31. The SMILES string of the molecule is CCCCc1ccc2c(cc(F)c3cc(-c4ccc(OC(F)(F)F)cc4)ccc32)c1F. The van der Waals surface area contributed by atoms with Gasteiger partial charge >= 0.3 is 6.36 Å². The topological polar surface area (TPSA) is 9.23 Å². The predicted octanol–water partition coefficient (Wildman–Crippen LogP) is 8.18. The van der Waals surface area contributed by atoms with Crippen molar-refractivity contribution in [3.8, 4) is 16.9 Å². The van der Waals surface area contributed by atoms with Crippen LogP contribution in [0.1, 0.15) is 25.3 Å². The number of halogens is 5. The van der Waals surface area contributed by atoms with E-state index >= 15 is 0 Å². The minimum atomic E-state index is -4.76. The minimum absolute atomic E-state index is 0.250. The van der Waals surface area contributed by atoms with Gasteiger partial charge in [-0.3, -0.25) is 0 Å². The van der Waals surface area contributed by atoms with E-state index in [-0.39, 0.29) is 11.1 Å². The fourth-order valence-corrected chi connectivity index (χ4v) is 3.78. The van der Waals surface area contributed by atoms with Gasteiger partial charge < -0.3 is 4.74 Å². The summed E-state index contributed by atoms with van der Waals surface area (Å²) in [4.78, 5) is 0. The first kappa shape index (κ1) is 21.1. The van der Waals surface area contributed by atoms with Crippen molar-refractivity contribution in [1.82, 2.24) is 0 Å². The van der Waals surface area contributed by atoms with E-state index in [0.29, 0.717) is 39.3 Å². The summed E-state index contributed by atoms with van der Waals surface area (Å²) in [6.45, 7) is 2.03. The molecule has 160 valence electrons. The molecule has 0 spiro atoms. The molecule has 4 aromatic rings. The van der Waals surface area contributed by atoms with Crippen molar-refractivity contribution in [3.05, 3.63) is 77.9 Å². The zero-order valence-corrected chi connectivity index (χ0v) is 16.7. The van der Waals surface area contributed by atoms with Gasteiger partial charge in [-0.1, -0.05) is 49.7 Å². The highest BCUT2D eigenvalue weighted by atomic mass is 19.4. The van der Waals surface area contributed by atoms with Crippen LogP contribution >= 0.6 is 0 Å². The van der Waals surface area contributed by atoms with E-state index in [2.05, 4.69) is 4.74 Å². The standard InChI is InChI=1S/C25H19F5O/c1-2-3-4-16-7-11-20-19-12-8-17(13-21(19)23(26)14-22(20)24(16)27)15-5-9-18(10-6-15)31-25(28,29)30/h5-14H,2-4H2,1H3. The van der Waals surface area contributed by atoms with E-state index in [1.807, 2.05) is 13.0 Å². The number of fused-ring (bicyclic) bond motifs is 3. The Kier molecular flexibility index (Phi) is 5.56. The van der Waals surface area contributed by atoms with Crippen LogP contribution in [0.5, 0.6) is 5.75 Å². The third-order valence-corrected chi connectivity index (χ3v) is 5.32. The second kappa shape index (κ2) is 8.17. The first-order valence-corrected chi connectivity index (χ1v) is 9.96. The van der Waals surface area contributed by atoms with Crippen molar-refractivity contribution >= 4 is 21.5 Å². The molecule has 0 aliphatic carbocycles. The molecule has 0 atom stereocenters. The number of ether oxygens (including phenoxy) is 1. The molecule has 0 fully saturated rings. The van der Waals surface area contributed by atoms with Crippen molar-refractivity contribution in [2.75, 3.05) is 0 Å². The summed E-state index contributed by atoms with van der Waals surface area (Å²) in [5, 5.41) is 1.77. The number of hydrogen-bond acceptors (Lipinski definition) is 1. The molecule has 0 heterocycles. The monoisotopic (exact) mass is 430 g/mol. The molecule has 0 saturated carbocycles. The lowest BCUT2D eigenvalue weighted by atomic mass is 9.95. The molecule has 4 aromatic carbocycles. The Hall–Kier alpha value is -3.15. The normalized spacial score (nSPS) is 11.9. The summed E-state index contributed by atoms with van der Waals surface area (Å²) < 4.78 is 70.7. The number of alkyl halides is 3. The maximum absolute atomic E-state index is 14.9. The Balaban J connectivity index is 1.76. The highest BCUT2D eigenvalue weighted by Crippen LogP contribution is 2.34. The van der Waals surface area contributed by atoms with Crippen LogP contribution in [0.15, 0.2) is 60.7 Å². The summed E-state index contributed by atoms with van der Waals surface area (Å²) in [6.07, 6.45) is -2.37. The van der Waals surface area contributed by atoms with Gasteiger partial charge in [0.15, 0.2) is 0 Å². The van der Waals surface area contributed by atoms with E-state index in [1.54, 1.807) is 24.3 Å². The van der Waals surface area contributed by atoms with Gasteiger partial charge in [-0.2, -0.15) is 0 Å². The van der Waals surface area contributed by atoms with Gasteiger partial charge in [-0.15, -0.1) is 13.2 Å². The fourth-order valence-electron chi connectivity index (χ4n) is 3.78. The zero-order chi connectivity index (χ0) is 22.2. The predicted molar refractivity (Wildman–Crippen MR) is 112 cm³/mol. The lowest BCUT2D eigenvalue weighted by molar-refractivity contribution is -0.274. The molecular formula is C25H19F5O. The number of aryl methyl sites for hydroxylation is 1. The van der Waals surface area contributed by atoms with Crippen molar-refractivity contribution in [1.29, 1.82) is 0 Å². The molecule has 4 rings (SSSR count). The Morgan fingerprint density at radius 3 is 2.06 bits per heavy atom. The smallest absolute Gasteiger partial charge is 0.406 e. The molecule has 0 saturated heterocycles. The van der Waals surface area contributed by atoms with Gasteiger partial charge in [-0.05, 0) is 64.6 Å². The maximum atomic E-state index is 14.9. The Morgan fingerprint density at radius 2 is 1.39 bits per heavy atom. The zero-order valence-electron chi connectivity index (χ0n) is 16.7. The van der Waals surface area contributed by atoms with Crippen LogP contribution in [0.4, 0.5) is 22.0 Å². The molecule has 31 heavy (non-hydrogen) atoms. The van der Waals surface area contributed by atoms with Gasteiger partial charge in [0.1, 0.15) is 17.4 Å². The molecule has 1 nitrogen and oxygen atoms in total. The van der Waals surface area contributed by atoms with Crippen LogP contribution in [-0.4, -0.2) is 6.36 Å². The second-order valence-corrected chi connectivity index (χ2v) is 7.43. The molecule has 0 aromatic heterocycles. The quantitative estimate of drug-likeness (QED) is 0.229. The summed E-state index contributed by atoms with van der Waals surface area (Å²) in [5.41, 5.74) is 1.81. The number of benzene rings is 4.